The molecule has 1 saturated carbocycles. The highest BCUT2D eigenvalue weighted by atomic mass is 16.5. The van der Waals surface area contributed by atoms with E-state index in [1.54, 1.807) is 0 Å². The average Bonchev–Trinajstić information content (AvgIpc) is 2.70. The number of aliphatic imine (C=N–C) groups is 1. The Balaban J connectivity index is 1.77. The summed E-state index contributed by atoms with van der Waals surface area (Å²) in [4.78, 5) is 4.47. The van der Waals surface area contributed by atoms with Crippen molar-refractivity contribution >= 4 is 5.90 Å². The van der Waals surface area contributed by atoms with Crippen LogP contribution in [0.5, 0.6) is 0 Å². The second kappa shape index (κ2) is 6.23. The van der Waals surface area contributed by atoms with Crippen molar-refractivity contribution in [3.8, 4) is 0 Å². The van der Waals surface area contributed by atoms with Crippen molar-refractivity contribution < 1.29 is 9.84 Å². The number of ether oxygens (including phenoxy) is 1. The Morgan fingerprint density at radius 1 is 1.37 bits per heavy atom. The van der Waals surface area contributed by atoms with Crippen LogP contribution in [0.25, 0.3) is 0 Å². The van der Waals surface area contributed by atoms with Crippen LogP contribution in [0.2, 0.25) is 0 Å². The van der Waals surface area contributed by atoms with E-state index in [1.165, 1.54) is 32.1 Å². The lowest BCUT2D eigenvalue weighted by atomic mass is 9.83. The molecule has 0 spiro atoms. The zero-order chi connectivity index (χ0) is 13.9. The molecule has 1 fully saturated rings. The van der Waals surface area contributed by atoms with E-state index in [0.717, 1.165) is 6.42 Å². The third-order valence-corrected chi connectivity index (χ3v) is 4.23. The smallest absolute Gasteiger partial charge is 0.186 e. The summed E-state index contributed by atoms with van der Waals surface area (Å²) in [6.45, 7) is 4.68. The topological polar surface area (TPSA) is 67.8 Å². The van der Waals surface area contributed by atoms with Gasteiger partial charge in [0.25, 0.3) is 0 Å². The molecule has 0 bridgehead atoms. The zero-order valence-electron chi connectivity index (χ0n) is 12.3. The molecule has 1 aliphatic heterocycles. The third-order valence-electron chi connectivity index (χ3n) is 4.23. The molecule has 0 saturated heterocycles. The van der Waals surface area contributed by atoms with Gasteiger partial charge < -0.3 is 15.6 Å². The highest BCUT2D eigenvalue weighted by Gasteiger charge is 2.29. The van der Waals surface area contributed by atoms with Gasteiger partial charge in [0.2, 0.25) is 0 Å². The summed E-state index contributed by atoms with van der Waals surface area (Å²) in [5.41, 5.74) is 5.98. The summed E-state index contributed by atoms with van der Waals surface area (Å²) in [7, 11) is 0. The molecule has 2 atom stereocenters. The molecular formula is C15H28N2O2. The van der Waals surface area contributed by atoms with E-state index in [1.807, 2.05) is 13.8 Å². The molecule has 3 N–H and O–H groups in total. The Morgan fingerprint density at radius 2 is 2.05 bits per heavy atom. The maximum absolute atomic E-state index is 10.2. The summed E-state index contributed by atoms with van der Waals surface area (Å²) in [5.74, 6) is 1.36. The molecule has 0 aromatic heterocycles. The van der Waals surface area contributed by atoms with Gasteiger partial charge in [-0.05, 0) is 26.2 Å². The van der Waals surface area contributed by atoms with E-state index >= 15 is 0 Å². The minimum atomic E-state index is -0.533. The molecule has 4 heteroatoms. The molecule has 0 amide bonds. The van der Waals surface area contributed by atoms with Gasteiger partial charge in [-0.25, -0.2) is 4.99 Å². The fourth-order valence-corrected chi connectivity index (χ4v) is 3.06. The summed E-state index contributed by atoms with van der Waals surface area (Å²) in [6.07, 6.45) is 7.38. The van der Waals surface area contributed by atoms with E-state index in [9.17, 15) is 5.11 Å². The molecule has 0 aromatic rings. The number of rotatable bonds is 5. The standard InChI is InChI=1S/C15H28N2O2/c1-15(2)10-19-14(17-15)9-13(18)12(16)8-11-6-4-3-5-7-11/h11-13,18H,3-10,16H2,1-2H3/t12-,13?/m0/s1. The van der Waals surface area contributed by atoms with Crippen molar-refractivity contribution in [1.29, 1.82) is 0 Å². The number of aliphatic hydroxyl groups is 1. The van der Waals surface area contributed by atoms with Crippen LogP contribution in [0.15, 0.2) is 4.99 Å². The van der Waals surface area contributed by atoms with E-state index in [-0.39, 0.29) is 11.6 Å². The third kappa shape index (κ3) is 4.46. The van der Waals surface area contributed by atoms with Crippen LogP contribution in [-0.4, -0.2) is 35.3 Å². The highest BCUT2D eigenvalue weighted by molar-refractivity contribution is 5.78. The summed E-state index contributed by atoms with van der Waals surface area (Å²) >= 11 is 0. The second-order valence-electron chi connectivity index (χ2n) is 6.78. The quantitative estimate of drug-likeness (QED) is 0.803. The van der Waals surface area contributed by atoms with E-state index < -0.39 is 6.10 Å². The Morgan fingerprint density at radius 3 is 2.63 bits per heavy atom. The second-order valence-corrected chi connectivity index (χ2v) is 6.78. The van der Waals surface area contributed by atoms with Crippen molar-refractivity contribution in [2.45, 2.75) is 76.5 Å². The SMILES string of the molecule is CC1(C)COC(CC(O)[C@@H](N)CC2CCCCC2)=N1. The van der Waals surface area contributed by atoms with Crippen LogP contribution in [0, 0.1) is 5.92 Å². The number of nitrogens with two attached hydrogens (primary N) is 1. The van der Waals surface area contributed by atoms with Gasteiger partial charge in [0.05, 0.1) is 18.1 Å². The normalized spacial score (nSPS) is 26.6. The van der Waals surface area contributed by atoms with Crippen LogP contribution in [0.1, 0.15) is 58.8 Å². The average molecular weight is 268 g/mol. The van der Waals surface area contributed by atoms with Gasteiger partial charge in [-0.3, -0.25) is 0 Å². The number of aliphatic hydroxyl groups excluding tert-OH is 1. The molecule has 0 aromatic carbocycles. The van der Waals surface area contributed by atoms with Crippen molar-refractivity contribution in [3.05, 3.63) is 0 Å². The first-order chi connectivity index (χ1) is 8.96. The molecule has 19 heavy (non-hydrogen) atoms. The lowest BCUT2D eigenvalue weighted by Crippen LogP contribution is -2.38. The van der Waals surface area contributed by atoms with Gasteiger partial charge in [0.1, 0.15) is 6.61 Å². The molecule has 1 aliphatic carbocycles. The Labute approximate surface area is 116 Å². The van der Waals surface area contributed by atoms with Crippen LogP contribution < -0.4 is 5.73 Å². The minimum Gasteiger partial charge on any atom is -0.478 e. The van der Waals surface area contributed by atoms with Crippen LogP contribution >= 0.6 is 0 Å². The van der Waals surface area contributed by atoms with Crippen LogP contribution in [0.4, 0.5) is 0 Å². The predicted molar refractivity (Wildman–Crippen MR) is 77.3 cm³/mol. The number of hydrogen-bond donors (Lipinski definition) is 2. The first kappa shape index (κ1) is 14.8. The van der Waals surface area contributed by atoms with Crippen molar-refractivity contribution in [2.24, 2.45) is 16.6 Å². The number of nitrogens with zero attached hydrogens (tertiary/aromatic N) is 1. The molecular weight excluding hydrogens is 240 g/mol. The lowest BCUT2D eigenvalue weighted by Gasteiger charge is -2.26. The van der Waals surface area contributed by atoms with E-state index in [2.05, 4.69) is 4.99 Å². The first-order valence-electron chi connectivity index (χ1n) is 7.61. The summed E-state index contributed by atoms with van der Waals surface area (Å²) < 4.78 is 5.51. The van der Waals surface area contributed by atoms with E-state index in [4.69, 9.17) is 10.5 Å². The summed E-state index contributed by atoms with van der Waals surface area (Å²) in [6, 6.07) is -0.155. The predicted octanol–water partition coefficient (Wildman–Crippen LogP) is 2.24. The molecule has 1 unspecified atom stereocenters. The molecule has 110 valence electrons. The fourth-order valence-electron chi connectivity index (χ4n) is 3.06. The largest absolute Gasteiger partial charge is 0.478 e. The van der Waals surface area contributed by atoms with Crippen LogP contribution in [0.3, 0.4) is 0 Å². The molecule has 0 radical (unpaired) electrons. The van der Waals surface area contributed by atoms with Crippen LogP contribution in [-0.2, 0) is 4.74 Å². The first-order valence-corrected chi connectivity index (χ1v) is 7.61. The highest BCUT2D eigenvalue weighted by Crippen LogP contribution is 2.28. The maximum atomic E-state index is 10.2. The fraction of sp³-hybridized carbons (Fsp3) is 0.933. The van der Waals surface area contributed by atoms with Gasteiger partial charge in [-0.2, -0.15) is 0 Å². The summed E-state index contributed by atoms with van der Waals surface area (Å²) in [5, 5.41) is 10.2. The Bertz CT molecular complexity index is 322. The van der Waals surface area contributed by atoms with E-state index in [0.29, 0.717) is 24.8 Å². The van der Waals surface area contributed by atoms with Crippen molar-refractivity contribution in [2.75, 3.05) is 6.61 Å². The molecule has 4 nitrogen and oxygen atoms in total. The van der Waals surface area contributed by atoms with Crippen molar-refractivity contribution in [1.82, 2.24) is 0 Å². The molecule has 1 heterocycles. The molecule has 2 aliphatic rings. The van der Waals surface area contributed by atoms with Gasteiger partial charge in [0.15, 0.2) is 5.90 Å². The minimum absolute atomic E-state index is 0.150. The number of hydrogen-bond acceptors (Lipinski definition) is 4. The van der Waals surface area contributed by atoms with Gasteiger partial charge >= 0.3 is 0 Å². The Kier molecular flexibility index (Phi) is 4.85. The maximum Gasteiger partial charge on any atom is 0.186 e. The Hall–Kier alpha value is -0.610. The van der Waals surface area contributed by atoms with Gasteiger partial charge in [0, 0.05) is 6.04 Å². The van der Waals surface area contributed by atoms with Crippen molar-refractivity contribution in [3.63, 3.8) is 0 Å². The monoisotopic (exact) mass is 268 g/mol. The van der Waals surface area contributed by atoms with Gasteiger partial charge in [-0.1, -0.05) is 32.1 Å². The lowest BCUT2D eigenvalue weighted by molar-refractivity contribution is 0.126. The van der Waals surface area contributed by atoms with Gasteiger partial charge in [-0.15, -0.1) is 0 Å². The molecule has 2 rings (SSSR count). The zero-order valence-corrected chi connectivity index (χ0v) is 12.3.